The van der Waals surface area contributed by atoms with Gasteiger partial charge < -0.3 is 10.2 Å². The largest absolute Gasteiger partial charge is 0.354 e. The van der Waals surface area contributed by atoms with Crippen molar-refractivity contribution in [1.82, 2.24) is 14.9 Å². The molecule has 2 aromatic heterocycles. The second-order valence-electron chi connectivity index (χ2n) is 6.17. The lowest BCUT2D eigenvalue weighted by atomic mass is 10.1. The highest BCUT2D eigenvalue weighted by atomic mass is 35.5. The van der Waals surface area contributed by atoms with Gasteiger partial charge in [-0.25, -0.2) is 9.97 Å². The van der Waals surface area contributed by atoms with Gasteiger partial charge in [-0.15, -0.1) is 12.4 Å². The molecule has 0 unspecified atom stereocenters. The van der Waals surface area contributed by atoms with E-state index < -0.39 is 0 Å². The maximum absolute atomic E-state index is 13.0. The van der Waals surface area contributed by atoms with Crippen LogP contribution < -0.4 is 5.32 Å². The van der Waals surface area contributed by atoms with Crippen LogP contribution in [0.1, 0.15) is 35.5 Å². The summed E-state index contributed by atoms with van der Waals surface area (Å²) in [6.45, 7) is 7.03. The Hall–Kier alpha value is -3.17. The molecule has 0 saturated carbocycles. The van der Waals surface area contributed by atoms with Gasteiger partial charge in [-0.3, -0.25) is 4.79 Å². The third-order valence-electron chi connectivity index (χ3n) is 4.41. The highest BCUT2D eigenvalue weighted by Crippen LogP contribution is 2.30. The standard InChI is InChI=1S/C21H21N5O.ClH/c1-4-26(5-2)21(27)18-13-23-20-17(10-9-14(3)24-20)19(18)25-16-8-6-7-15(11-16)12-22;/h6-11,13H,4-5H2,1-3H3,(H,23,24,25);1H. The fourth-order valence-corrected chi connectivity index (χ4v) is 2.96. The molecule has 0 aliphatic carbocycles. The summed E-state index contributed by atoms with van der Waals surface area (Å²) in [4.78, 5) is 23.6. The molecule has 7 heteroatoms. The van der Waals surface area contributed by atoms with E-state index in [4.69, 9.17) is 5.26 Å². The molecule has 28 heavy (non-hydrogen) atoms. The van der Waals surface area contributed by atoms with E-state index in [9.17, 15) is 4.79 Å². The van der Waals surface area contributed by atoms with Gasteiger partial charge in [-0.2, -0.15) is 5.26 Å². The summed E-state index contributed by atoms with van der Waals surface area (Å²) < 4.78 is 0. The number of carbonyl (C=O) groups is 1. The second-order valence-corrected chi connectivity index (χ2v) is 6.17. The average Bonchev–Trinajstić information content (AvgIpc) is 2.69. The summed E-state index contributed by atoms with van der Waals surface area (Å²) in [6.07, 6.45) is 1.58. The van der Waals surface area contributed by atoms with Crippen LogP contribution in [0.25, 0.3) is 11.0 Å². The smallest absolute Gasteiger partial charge is 0.257 e. The first-order chi connectivity index (χ1) is 13.1. The van der Waals surface area contributed by atoms with Gasteiger partial charge in [0.2, 0.25) is 0 Å². The van der Waals surface area contributed by atoms with Crippen molar-refractivity contribution in [2.75, 3.05) is 18.4 Å². The molecule has 144 valence electrons. The molecule has 0 spiro atoms. The summed E-state index contributed by atoms with van der Waals surface area (Å²) in [5.41, 5.74) is 3.85. The van der Waals surface area contributed by atoms with Crippen LogP contribution in [-0.2, 0) is 0 Å². The van der Waals surface area contributed by atoms with Gasteiger partial charge in [-0.05, 0) is 51.1 Å². The van der Waals surface area contributed by atoms with Gasteiger partial charge >= 0.3 is 0 Å². The second kappa shape index (κ2) is 9.16. The number of halogens is 1. The summed E-state index contributed by atoms with van der Waals surface area (Å²) in [5.74, 6) is -0.0890. The number of hydrogen-bond acceptors (Lipinski definition) is 5. The highest BCUT2D eigenvalue weighted by Gasteiger charge is 2.20. The Labute approximate surface area is 170 Å². The molecule has 1 amide bonds. The van der Waals surface area contributed by atoms with Crippen LogP contribution in [-0.4, -0.2) is 33.9 Å². The number of aromatic nitrogens is 2. The molecule has 0 aliphatic rings. The van der Waals surface area contributed by atoms with Crippen LogP contribution in [0, 0.1) is 18.3 Å². The van der Waals surface area contributed by atoms with E-state index in [2.05, 4.69) is 21.4 Å². The zero-order valence-corrected chi connectivity index (χ0v) is 16.9. The number of anilines is 2. The minimum absolute atomic E-state index is 0. The number of pyridine rings is 2. The quantitative estimate of drug-likeness (QED) is 0.689. The van der Waals surface area contributed by atoms with E-state index in [0.29, 0.717) is 35.6 Å². The Morgan fingerprint density at radius 3 is 2.64 bits per heavy atom. The Kier molecular flexibility index (Phi) is 6.91. The lowest BCUT2D eigenvalue weighted by Gasteiger charge is -2.21. The molecular weight excluding hydrogens is 374 g/mol. The summed E-state index contributed by atoms with van der Waals surface area (Å²) >= 11 is 0. The van der Waals surface area contributed by atoms with Crippen molar-refractivity contribution in [2.45, 2.75) is 20.8 Å². The number of fused-ring (bicyclic) bond motifs is 1. The van der Waals surface area contributed by atoms with E-state index in [1.165, 1.54) is 0 Å². The van der Waals surface area contributed by atoms with Gasteiger partial charge in [0.05, 0.1) is 22.9 Å². The summed E-state index contributed by atoms with van der Waals surface area (Å²) in [7, 11) is 0. The summed E-state index contributed by atoms with van der Waals surface area (Å²) in [6, 6.07) is 13.1. The Bertz CT molecular complexity index is 1040. The molecule has 3 rings (SSSR count). The van der Waals surface area contributed by atoms with Crippen molar-refractivity contribution in [1.29, 1.82) is 5.26 Å². The zero-order valence-electron chi connectivity index (χ0n) is 16.1. The molecule has 0 saturated heterocycles. The predicted molar refractivity (Wildman–Crippen MR) is 113 cm³/mol. The molecule has 0 fully saturated rings. The van der Waals surface area contributed by atoms with Crippen molar-refractivity contribution in [3.8, 4) is 6.07 Å². The molecule has 1 N–H and O–H groups in total. The van der Waals surface area contributed by atoms with E-state index in [1.54, 1.807) is 29.3 Å². The van der Waals surface area contributed by atoms with E-state index in [0.717, 1.165) is 16.8 Å². The number of amides is 1. The SMILES string of the molecule is CCN(CC)C(=O)c1cnc2nc(C)ccc2c1Nc1cccc(C#N)c1.Cl. The van der Waals surface area contributed by atoms with Crippen molar-refractivity contribution >= 4 is 40.7 Å². The average molecular weight is 396 g/mol. The summed E-state index contributed by atoms with van der Waals surface area (Å²) in [5, 5.41) is 13.2. The third kappa shape index (κ3) is 4.21. The normalized spacial score (nSPS) is 10.1. The van der Waals surface area contributed by atoms with Crippen LogP contribution in [0.2, 0.25) is 0 Å². The Morgan fingerprint density at radius 2 is 1.96 bits per heavy atom. The lowest BCUT2D eigenvalue weighted by molar-refractivity contribution is 0.0774. The number of benzene rings is 1. The van der Waals surface area contributed by atoms with Gasteiger partial charge in [0.1, 0.15) is 0 Å². The zero-order chi connectivity index (χ0) is 19.4. The predicted octanol–water partition coefficient (Wildman–Crippen LogP) is 4.46. The topological polar surface area (TPSA) is 81.9 Å². The first kappa shape index (κ1) is 21.1. The van der Waals surface area contributed by atoms with Crippen LogP contribution in [0.15, 0.2) is 42.6 Å². The Balaban J connectivity index is 0.00000280. The van der Waals surface area contributed by atoms with Gasteiger partial charge in [0, 0.05) is 36.1 Å². The van der Waals surface area contributed by atoms with Crippen LogP contribution in [0.5, 0.6) is 0 Å². The monoisotopic (exact) mass is 395 g/mol. The van der Waals surface area contributed by atoms with Gasteiger partial charge in [0.25, 0.3) is 5.91 Å². The highest BCUT2D eigenvalue weighted by molar-refractivity contribution is 6.07. The van der Waals surface area contributed by atoms with E-state index >= 15 is 0 Å². The van der Waals surface area contributed by atoms with E-state index in [1.807, 2.05) is 39.0 Å². The number of aryl methyl sites for hydroxylation is 1. The fourth-order valence-electron chi connectivity index (χ4n) is 2.96. The number of nitrogens with zero attached hydrogens (tertiary/aromatic N) is 4. The number of rotatable bonds is 5. The minimum Gasteiger partial charge on any atom is -0.354 e. The fraction of sp³-hybridized carbons (Fsp3) is 0.238. The van der Waals surface area contributed by atoms with Crippen LogP contribution >= 0.6 is 12.4 Å². The minimum atomic E-state index is -0.0890. The first-order valence-corrected chi connectivity index (χ1v) is 8.90. The third-order valence-corrected chi connectivity index (χ3v) is 4.41. The number of nitrogens with one attached hydrogen (secondary N) is 1. The number of carbonyl (C=O) groups excluding carboxylic acids is 1. The molecular formula is C21H22ClN5O. The first-order valence-electron chi connectivity index (χ1n) is 8.90. The molecule has 6 nitrogen and oxygen atoms in total. The van der Waals surface area contributed by atoms with Gasteiger partial charge in [-0.1, -0.05) is 6.07 Å². The molecule has 1 aromatic carbocycles. The number of nitriles is 1. The molecule has 3 aromatic rings. The molecule has 0 bridgehead atoms. The van der Waals surface area contributed by atoms with Crippen LogP contribution in [0.3, 0.4) is 0 Å². The van der Waals surface area contributed by atoms with Crippen molar-refractivity contribution in [2.24, 2.45) is 0 Å². The van der Waals surface area contributed by atoms with Crippen molar-refractivity contribution in [3.05, 3.63) is 59.4 Å². The molecule has 0 aliphatic heterocycles. The molecule has 0 radical (unpaired) electrons. The van der Waals surface area contributed by atoms with Gasteiger partial charge in [0.15, 0.2) is 5.65 Å². The van der Waals surface area contributed by atoms with Crippen molar-refractivity contribution < 1.29 is 4.79 Å². The molecule has 2 heterocycles. The maximum Gasteiger partial charge on any atom is 0.257 e. The van der Waals surface area contributed by atoms with Crippen molar-refractivity contribution in [3.63, 3.8) is 0 Å². The molecule has 0 atom stereocenters. The maximum atomic E-state index is 13.0. The number of hydrogen-bond donors (Lipinski definition) is 1. The van der Waals surface area contributed by atoms with Crippen LogP contribution in [0.4, 0.5) is 11.4 Å². The van der Waals surface area contributed by atoms with E-state index in [-0.39, 0.29) is 18.3 Å². The lowest BCUT2D eigenvalue weighted by Crippen LogP contribution is -2.31. The Morgan fingerprint density at radius 1 is 1.21 bits per heavy atom.